The molecule has 0 N–H and O–H groups in total. The SMILES string of the molecule is CC(C)(C)C(C)(C)/[N+]([O-])=[N+](\[O-])C(C)(C)C(C)(C)C. The standard InChI is InChI=1S/C14H30N2O2/c1-11(2,3)13(7,8)15(17)16(18)14(9,10)12(4,5)6/h1-10H3/b16-15+. The Hall–Kier alpha value is -0.800. The van der Waals surface area contributed by atoms with Crippen LogP contribution in [0, 0.1) is 21.2 Å². The van der Waals surface area contributed by atoms with Crippen molar-refractivity contribution < 1.29 is 9.72 Å². The van der Waals surface area contributed by atoms with Crippen molar-refractivity contribution in [3.05, 3.63) is 10.4 Å². The highest BCUT2D eigenvalue weighted by atomic mass is 16.6. The Kier molecular flexibility index (Phi) is 4.19. The lowest BCUT2D eigenvalue weighted by atomic mass is 9.75. The van der Waals surface area contributed by atoms with Crippen molar-refractivity contribution in [2.75, 3.05) is 0 Å². The molecule has 0 aromatic rings. The molecule has 0 spiro atoms. The molecule has 0 amide bonds. The van der Waals surface area contributed by atoms with Crippen LogP contribution in [-0.2, 0) is 0 Å². The fraction of sp³-hybridized carbons (Fsp3) is 1.00. The summed E-state index contributed by atoms with van der Waals surface area (Å²) < 4.78 is 0. The Morgan fingerprint density at radius 3 is 0.778 bits per heavy atom. The number of azo groups is 1. The van der Waals surface area contributed by atoms with Crippen molar-refractivity contribution in [2.45, 2.75) is 80.3 Å². The first-order valence-electron chi connectivity index (χ1n) is 6.51. The normalized spacial score (nSPS) is 16.6. The lowest BCUT2D eigenvalue weighted by Crippen LogP contribution is -2.54. The van der Waals surface area contributed by atoms with Gasteiger partial charge in [0, 0.05) is 48.2 Å². The van der Waals surface area contributed by atoms with Gasteiger partial charge in [-0.05, 0) is 0 Å². The number of hydroxylamine groups is 2. The van der Waals surface area contributed by atoms with E-state index in [0.717, 1.165) is 0 Å². The third-order valence-electron chi connectivity index (χ3n) is 4.79. The molecule has 0 aliphatic carbocycles. The summed E-state index contributed by atoms with van der Waals surface area (Å²) in [5, 5.41) is 24.9. The molecule has 0 atom stereocenters. The van der Waals surface area contributed by atoms with Crippen molar-refractivity contribution in [1.82, 2.24) is 0 Å². The Labute approximate surface area is 112 Å². The number of rotatable bonds is 2. The van der Waals surface area contributed by atoms with Gasteiger partial charge in [-0.25, -0.2) is 0 Å². The van der Waals surface area contributed by atoms with Gasteiger partial charge in [0.25, 0.3) is 0 Å². The molecular formula is C14H30N2O2. The fourth-order valence-electron chi connectivity index (χ4n) is 1.03. The molecule has 0 fully saturated rings. The van der Waals surface area contributed by atoms with Crippen LogP contribution in [0.2, 0.25) is 0 Å². The molecule has 0 unspecified atom stereocenters. The van der Waals surface area contributed by atoms with Gasteiger partial charge in [0.2, 0.25) is 11.1 Å². The lowest BCUT2D eigenvalue weighted by Gasteiger charge is -2.37. The number of hydrogen-bond donors (Lipinski definition) is 0. The van der Waals surface area contributed by atoms with E-state index in [2.05, 4.69) is 0 Å². The molecule has 0 rings (SSSR count). The molecule has 0 aliphatic heterocycles. The summed E-state index contributed by atoms with van der Waals surface area (Å²) in [6.07, 6.45) is 0. The molecule has 108 valence electrons. The summed E-state index contributed by atoms with van der Waals surface area (Å²) in [6.45, 7) is 19.0. The summed E-state index contributed by atoms with van der Waals surface area (Å²) in [4.78, 5) is 1.19. The quantitative estimate of drug-likeness (QED) is 0.425. The van der Waals surface area contributed by atoms with E-state index < -0.39 is 11.1 Å². The molecule has 0 aliphatic rings. The first kappa shape index (κ1) is 17.2. The fourth-order valence-corrected chi connectivity index (χ4v) is 1.03. The molecule has 4 heteroatoms. The van der Waals surface area contributed by atoms with E-state index in [-0.39, 0.29) is 10.8 Å². The van der Waals surface area contributed by atoms with E-state index >= 15 is 0 Å². The Morgan fingerprint density at radius 2 is 0.667 bits per heavy atom. The summed E-state index contributed by atoms with van der Waals surface area (Å²) in [7, 11) is 0. The lowest BCUT2D eigenvalue weighted by molar-refractivity contribution is -1.03. The second kappa shape index (κ2) is 4.39. The molecule has 0 aromatic heterocycles. The summed E-state index contributed by atoms with van der Waals surface area (Å²) in [6, 6.07) is 0. The Morgan fingerprint density at radius 1 is 0.500 bits per heavy atom. The van der Waals surface area contributed by atoms with Gasteiger partial charge in [0.05, 0.1) is 0 Å². The minimum atomic E-state index is -0.767. The van der Waals surface area contributed by atoms with Gasteiger partial charge in [-0.3, -0.25) is 0 Å². The number of nitrogens with zero attached hydrogens (tertiary/aromatic N) is 2. The first-order valence-corrected chi connectivity index (χ1v) is 6.51. The van der Waals surface area contributed by atoms with E-state index in [1.54, 1.807) is 0 Å². The van der Waals surface area contributed by atoms with E-state index in [9.17, 15) is 10.4 Å². The Balaban J connectivity index is 5.81. The first-order chi connectivity index (χ1) is 7.57. The summed E-state index contributed by atoms with van der Waals surface area (Å²) in [5.41, 5.74) is -2.11. The van der Waals surface area contributed by atoms with Crippen LogP contribution < -0.4 is 0 Å². The van der Waals surface area contributed by atoms with Crippen LogP contribution in [0.15, 0.2) is 0 Å². The van der Waals surface area contributed by atoms with Gasteiger partial charge in [-0.15, -0.1) is 0 Å². The van der Waals surface area contributed by atoms with Gasteiger partial charge in [-0.2, -0.15) is 0 Å². The smallest absolute Gasteiger partial charge is 0.237 e. The second-order valence-corrected chi connectivity index (χ2v) is 8.16. The summed E-state index contributed by atoms with van der Waals surface area (Å²) >= 11 is 0. The largest absolute Gasteiger partial charge is 0.567 e. The minimum absolute atomic E-state index is 0.286. The topological polar surface area (TPSA) is 52.1 Å². The van der Waals surface area contributed by atoms with Crippen LogP contribution in [-0.4, -0.2) is 20.8 Å². The Bertz CT molecular complexity index is 308. The molecule has 0 bridgehead atoms. The maximum Gasteiger partial charge on any atom is 0.237 e. The van der Waals surface area contributed by atoms with Gasteiger partial charge in [0.1, 0.15) is 0 Å². The van der Waals surface area contributed by atoms with Gasteiger partial charge < -0.3 is 10.4 Å². The third kappa shape index (κ3) is 2.78. The van der Waals surface area contributed by atoms with Crippen molar-refractivity contribution in [2.24, 2.45) is 10.8 Å². The molecular weight excluding hydrogens is 228 g/mol. The van der Waals surface area contributed by atoms with Crippen molar-refractivity contribution >= 4 is 0 Å². The highest BCUT2D eigenvalue weighted by Crippen LogP contribution is 2.36. The van der Waals surface area contributed by atoms with Crippen LogP contribution in [0.5, 0.6) is 0 Å². The van der Waals surface area contributed by atoms with E-state index in [1.807, 2.05) is 69.2 Å². The molecule has 0 saturated carbocycles. The van der Waals surface area contributed by atoms with Crippen molar-refractivity contribution in [3.63, 3.8) is 0 Å². The van der Waals surface area contributed by atoms with Gasteiger partial charge >= 0.3 is 0 Å². The molecule has 0 radical (unpaired) electrons. The molecule has 0 aromatic carbocycles. The zero-order valence-electron chi connectivity index (χ0n) is 13.7. The highest BCUT2D eigenvalue weighted by molar-refractivity contribution is 4.83. The maximum absolute atomic E-state index is 12.4. The van der Waals surface area contributed by atoms with E-state index in [1.165, 1.54) is 0 Å². The molecule has 4 nitrogen and oxygen atoms in total. The van der Waals surface area contributed by atoms with Crippen LogP contribution >= 0.6 is 0 Å². The molecule has 0 saturated heterocycles. The highest BCUT2D eigenvalue weighted by Gasteiger charge is 2.52. The average molecular weight is 258 g/mol. The molecule has 0 heterocycles. The summed E-state index contributed by atoms with van der Waals surface area (Å²) in [5.74, 6) is 0. The van der Waals surface area contributed by atoms with E-state index in [4.69, 9.17) is 0 Å². The van der Waals surface area contributed by atoms with Crippen molar-refractivity contribution in [3.8, 4) is 0 Å². The maximum atomic E-state index is 12.4. The predicted octanol–water partition coefficient (Wildman–Crippen LogP) is 4.11. The van der Waals surface area contributed by atoms with E-state index in [0.29, 0.717) is 9.72 Å². The van der Waals surface area contributed by atoms with Gasteiger partial charge in [0.15, 0.2) is 0 Å². The minimum Gasteiger partial charge on any atom is -0.567 e. The molecule has 18 heavy (non-hydrogen) atoms. The second-order valence-electron chi connectivity index (χ2n) is 8.16. The van der Waals surface area contributed by atoms with Gasteiger partial charge in [-0.1, -0.05) is 41.5 Å². The van der Waals surface area contributed by atoms with Crippen LogP contribution in [0.4, 0.5) is 0 Å². The van der Waals surface area contributed by atoms with Crippen molar-refractivity contribution in [1.29, 1.82) is 0 Å². The predicted molar refractivity (Wildman–Crippen MR) is 74.3 cm³/mol. The zero-order chi connectivity index (χ0) is 15.2. The van der Waals surface area contributed by atoms with Crippen LogP contribution in [0.25, 0.3) is 0 Å². The van der Waals surface area contributed by atoms with Crippen LogP contribution in [0.3, 0.4) is 0 Å². The number of hydrogen-bond acceptors (Lipinski definition) is 2. The monoisotopic (exact) mass is 258 g/mol. The third-order valence-corrected chi connectivity index (χ3v) is 4.79. The zero-order valence-corrected chi connectivity index (χ0v) is 13.7. The van der Waals surface area contributed by atoms with Crippen LogP contribution in [0.1, 0.15) is 69.2 Å². The average Bonchev–Trinajstić information content (AvgIpc) is 2.11.